The summed E-state index contributed by atoms with van der Waals surface area (Å²) in [6.07, 6.45) is 0.195. The van der Waals surface area contributed by atoms with E-state index in [9.17, 15) is 27.2 Å². The molecule has 0 amide bonds. The van der Waals surface area contributed by atoms with Crippen LogP contribution in [0.3, 0.4) is 0 Å². The lowest BCUT2D eigenvalue weighted by molar-refractivity contribution is -0.167. The van der Waals surface area contributed by atoms with Gasteiger partial charge in [-0.25, -0.2) is 9.59 Å². The van der Waals surface area contributed by atoms with Crippen LogP contribution in [-0.2, 0) is 21.4 Å². The minimum atomic E-state index is -4.34. The van der Waals surface area contributed by atoms with E-state index < -0.39 is 35.0 Å². The normalized spacial score (nSPS) is 12.2. The molecule has 0 bridgehead atoms. The van der Waals surface area contributed by atoms with Gasteiger partial charge in [-0.1, -0.05) is 0 Å². The molecular weight excluding hydrogens is 262 g/mol. The smallest absolute Gasteiger partial charge is 0.384 e. The third-order valence-electron chi connectivity index (χ3n) is 1.98. The van der Waals surface area contributed by atoms with Gasteiger partial charge in [-0.3, -0.25) is 4.98 Å². The summed E-state index contributed by atoms with van der Waals surface area (Å²) in [5.74, 6) is -13.6. The fraction of sp³-hybridized carbons (Fsp3) is 0.222. The van der Waals surface area contributed by atoms with Crippen LogP contribution >= 0.6 is 0 Å². The zero-order valence-corrected chi connectivity index (χ0v) is 8.40. The summed E-state index contributed by atoms with van der Waals surface area (Å²) < 4.78 is 51.6. The number of aliphatic carboxylic acids is 2. The number of halogens is 4. The van der Waals surface area contributed by atoms with E-state index >= 15 is 0 Å². The zero-order valence-electron chi connectivity index (χ0n) is 8.40. The summed E-state index contributed by atoms with van der Waals surface area (Å²) >= 11 is 0. The largest absolute Gasteiger partial charge is 0.477 e. The molecule has 1 rings (SSSR count). The predicted molar refractivity (Wildman–Crippen MR) is 47.3 cm³/mol. The van der Waals surface area contributed by atoms with Crippen LogP contribution < -0.4 is 0 Å². The van der Waals surface area contributed by atoms with Gasteiger partial charge >= 0.3 is 23.8 Å². The summed E-state index contributed by atoms with van der Waals surface area (Å²) in [6.45, 7) is 0. The van der Waals surface area contributed by atoms with Gasteiger partial charge in [0.2, 0.25) is 0 Å². The molecule has 1 heterocycles. The number of pyridine rings is 1. The Morgan fingerprint density at radius 3 is 1.83 bits per heavy atom. The van der Waals surface area contributed by atoms with Gasteiger partial charge in [0.15, 0.2) is 0 Å². The predicted octanol–water partition coefficient (Wildman–Crippen LogP) is 1.43. The van der Waals surface area contributed by atoms with E-state index in [0.29, 0.717) is 12.1 Å². The molecule has 18 heavy (non-hydrogen) atoms. The average molecular weight is 267 g/mol. The fourth-order valence-electron chi connectivity index (χ4n) is 0.998. The summed E-state index contributed by atoms with van der Waals surface area (Å²) in [4.78, 5) is 23.2. The minimum Gasteiger partial charge on any atom is -0.477 e. The Hall–Kier alpha value is -2.19. The van der Waals surface area contributed by atoms with Crippen molar-refractivity contribution in [1.29, 1.82) is 0 Å². The number of aromatic nitrogens is 1. The molecule has 0 saturated heterocycles. The first-order valence-corrected chi connectivity index (χ1v) is 4.29. The number of carboxylic acid groups (broad SMARTS) is 2. The fourth-order valence-corrected chi connectivity index (χ4v) is 0.998. The van der Waals surface area contributed by atoms with E-state index in [2.05, 4.69) is 4.98 Å². The summed E-state index contributed by atoms with van der Waals surface area (Å²) in [5.41, 5.74) is -2.39. The maximum Gasteiger partial charge on any atom is 0.384 e. The Morgan fingerprint density at radius 2 is 1.50 bits per heavy atom. The Labute approximate surface area is 96.7 Å². The standard InChI is InChI=1S/C9H5F4NO4/c10-8(11,6(15)16)4-1-2-5(14-3-4)9(12,13)7(17)18/h1-3H,(H,15,16)(H,17,18). The molecule has 0 saturated carbocycles. The highest BCUT2D eigenvalue weighted by Crippen LogP contribution is 2.31. The number of carboxylic acids is 2. The van der Waals surface area contributed by atoms with Gasteiger partial charge in [0.05, 0.1) is 5.56 Å². The van der Waals surface area contributed by atoms with Gasteiger partial charge in [0.25, 0.3) is 0 Å². The van der Waals surface area contributed by atoms with Crippen LogP contribution in [0.25, 0.3) is 0 Å². The zero-order chi connectivity index (χ0) is 14.1. The van der Waals surface area contributed by atoms with Crippen LogP contribution in [0.4, 0.5) is 17.6 Å². The van der Waals surface area contributed by atoms with Gasteiger partial charge < -0.3 is 10.2 Å². The number of nitrogens with zero attached hydrogens (tertiary/aromatic N) is 1. The third kappa shape index (κ3) is 2.24. The number of alkyl halides is 4. The van der Waals surface area contributed by atoms with Gasteiger partial charge in [0, 0.05) is 6.20 Å². The first kappa shape index (κ1) is 13.9. The van der Waals surface area contributed by atoms with Crippen molar-refractivity contribution in [3.8, 4) is 0 Å². The second-order valence-electron chi connectivity index (χ2n) is 3.19. The van der Waals surface area contributed by atoms with Crippen molar-refractivity contribution in [3.05, 3.63) is 29.6 Å². The molecule has 0 aliphatic rings. The van der Waals surface area contributed by atoms with E-state index in [-0.39, 0.29) is 6.20 Å². The van der Waals surface area contributed by atoms with Crippen LogP contribution in [-0.4, -0.2) is 27.1 Å². The van der Waals surface area contributed by atoms with Crippen molar-refractivity contribution in [3.63, 3.8) is 0 Å². The van der Waals surface area contributed by atoms with Crippen LogP contribution in [0.1, 0.15) is 11.3 Å². The second kappa shape index (κ2) is 4.24. The monoisotopic (exact) mass is 267 g/mol. The molecule has 2 N–H and O–H groups in total. The molecule has 0 unspecified atom stereocenters. The molecular formula is C9H5F4NO4. The molecule has 0 aliphatic heterocycles. The second-order valence-corrected chi connectivity index (χ2v) is 3.19. The third-order valence-corrected chi connectivity index (χ3v) is 1.98. The van der Waals surface area contributed by atoms with Crippen LogP contribution in [0.2, 0.25) is 0 Å². The van der Waals surface area contributed by atoms with E-state index in [1.807, 2.05) is 0 Å². The average Bonchev–Trinajstić information content (AvgIpc) is 2.28. The van der Waals surface area contributed by atoms with Gasteiger partial charge in [-0.15, -0.1) is 0 Å². The molecule has 1 aromatic heterocycles. The maximum atomic E-state index is 12.9. The number of carbonyl (C=O) groups is 2. The Bertz CT molecular complexity index is 441. The lowest BCUT2D eigenvalue weighted by Crippen LogP contribution is -2.28. The molecule has 0 fully saturated rings. The maximum absolute atomic E-state index is 12.9. The number of rotatable bonds is 4. The van der Waals surface area contributed by atoms with Crippen molar-refractivity contribution < 1.29 is 37.4 Å². The van der Waals surface area contributed by atoms with Crippen LogP contribution in [0.5, 0.6) is 0 Å². The van der Waals surface area contributed by atoms with E-state index in [1.54, 1.807) is 0 Å². The molecule has 9 heteroatoms. The molecule has 5 nitrogen and oxygen atoms in total. The molecule has 0 spiro atoms. The molecule has 0 atom stereocenters. The van der Waals surface area contributed by atoms with Crippen LogP contribution in [0.15, 0.2) is 18.3 Å². The Balaban J connectivity index is 3.16. The number of hydrogen-bond acceptors (Lipinski definition) is 3. The number of hydrogen-bond donors (Lipinski definition) is 2. The molecule has 1 aromatic rings. The first-order valence-electron chi connectivity index (χ1n) is 4.29. The summed E-state index contributed by atoms with van der Waals surface area (Å²) in [5, 5.41) is 16.4. The van der Waals surface area contributed by atoms with Gasteiger partial charge in [0.1, 0.15) is 5.69 Å². The molecule has 0 radical (unpaired) electrons. The Kier molecular flexibility index (Phi) is 3.27. The van der Waals surface area contributed by atoms with Crippen molar-refractivity contribution in [2.45, 2.75) is 11.8 Å². The highest BCUT2D eigenvalue weighted by Gasteiger charge is 2.45. The van der Waals surface area contributed by atoms with E-state index in [0.717, 1.165) is 0 Å². The first-order chi connectivity index (χ1) is 8.10. The lowest BCUT2D eigenvalue weighted by Gasteiger charge is -2.13. The summed E-state index contributed by atoms with van der Waals surface area (Å²) in [6, 6.07) is 0.716. The van der Waals surface area contributed by atoms with Crippen LogP contribution in [0, 0.1) is 0 Å². The van der Waals surface area contributed by atoms with Crippen molar-refractivity contribution in [1.82, 2.24) is 4.98 Å². The SMILES string of the molecule is O=C(O)C(F)(F)c1ccc(C(F)(F)C(=O)O)nc1. The summed E-state index contributed by atoms with van der Waals surface area (Å²) in [7, 11) is 0. The van der Waals surface area contributed by atoms with Crippen molar-refractivity contribution in [2.24, 2.45) is 0 Å². The lowest BCUT2D eigenvalue weighted by atomic mass is 10.1. The van der Waals surface area contributed by atoms with Gasteiger partial charge in [-0.2, -0.15) is 17.6 Å². The van der Waals surface area contributed by atoms with Gasteiger partial charge in [-0.05, 0) is 12.1 Å². The molecule has 0 aliphatic carbocycles. The van der Waals surface area contributed by atoms with E-state index in [1.165, 1.54) is 0 Å². The highest BCUT2D eigenvalue weighted by molar-refractivity contribution is 5.78. The van der Waals surface area contributed by atoms with Crippen molar-refractivity contribution >= 4 is 11.9 Å². The minimum absolute atomic E-state index is 0.195. The molecule has 0 aromatic carbocycles. The Morgan fingerprint density at radius 1 is 1.00 bits per heavy atom. The highest BCUT2D eigenvalue weighted by atomic mass is 19.3. The van der Waals surface area contributed by atoms with E-state index in [4.69, 9.17) is 10.2 Å². The van der Waals surface area contributed by atoms with Crippen molar-refractivity contribution in [2.75, 3.05) is 0 Å². The molecule has 98 valence electrons. The topological polar surface area (TPSA) is 87.5 Å². The quantitative estimate of drug-likeness (QED) is 0.806.